The van der Waals surface area contributed by atoms with Crippen molar-refractivity contribution in [3.8, 4) is 0 Å². The van der Waals surface area contributed by atoms with Gasteiger partial charge in [-0.2, -0.15) is 5.10 Å². The van der Waals surface area contributed by atoms with Gasteiger partial charge in [-0.1, -0.05) is 12.1 Å². The van der Waals surface area contributed by atoms with Gasteiger partial charge in [0.25, 0.3) is 0 Å². The van der Waals surface area contributed by atoms with Gasteiger partial charge in [0.1, 0.15) is 17.2 Å². The lowest BCUT2D eigenvalue weighted by molar-refractivity contribution is 0.135. The van der Waals surface area contributed by atoms with Crippen molar-refractivity contribution < 1.29 is 14.6 Å². The fraction of sp³-hybridized carbons (Fsp3) is 0.300. The molecule has 0 atom stereocenters. The Hall–Kier alpha value is -3.17. The molecule has 2 aromatic heterocycles. The molecule has 1 aliphatic carbocycles. The first-order valence-electron chi connectivity index (χ1n) is 9.38. The molecule has 1 saturated carbocycles. The van der Waals surface area contributed by atoms with Gasteiger partial charge in [-0.25, -0.2) is 9.37 Å². The van der Waals surface area contributed by atoms with Gasteiger partial charge < -0.3 is 26.6 Å². The maximum Gasteiger partial charge on any atom is 0.153 e. The number of aliphatic hydroxyl groups is 2. The molecule has 0 aliphatic heterocycles. The molecule has 1 aromatic carbocycles. The lowest BCUT2D eigenvalue weighted by Gasteiger charge is -2.32. The van der Waals surface area contributed by atoms with Crippen LogP contribution in [-0.2, 0) is 5.54 Å². The van der Waals surface area contributed by atoms with Gasteiger partial charge in [0.05, 0.1) is 18.9 Å². The summed E-state index contributed by atoms with van der Waals surface area (Å²) < 4.78 is 13.3. The van der Waals surface area contributed by atoms with Crippen molar-refractivity contribution in [2.45, 2.75) is 24.3 Å². The standard InChI is InChI=1S/C20H23FN6O2/c21-14-5-3-13(4-6-14)20(10-28,11-29)25-19-15(22)7-8-17(24-19)23-18-9-16(26-27-18)12-1-2-12/h3-9,12,28-29H,1-2,10-11,22H2,(H3,23,24,25,26,27). The third kappa shape index (κ3) is 4.01. The van der Waals surface area contributed by atoms with Crippen LogP contribution >= 0.6 is 0 Å². The second-order valence-corrected chi connectivity index (χ2v) is 7.27. The molecule has 3 aromatic rings. The summed E-state index contributed by atoms with van der Waals surface area (Å²) in [5.41, 5.74) is 6.71. The van der Waals surface area contributed by atoms with Gasteiger partial charge >= 0.3 is 0 Å². The highest BCUT2D eigenvalue weighted by molar-refractivity contribution is 5.67. The van der Waals surface area contributed by atoms with Crippen LogP contribution in [0, 0.1) is 5.82 Å². The largest absolute Gasteiger partial charge is 0.396 e. The number of nitrogens with two attached hydrogens (primary N) is 1. The number of H-pyrrole nitrogens is 1. The van der Waals surface area contributed by atoms with Crippen LogP contribution in [0.25, 0.3) is 0 Å². The van der Waals surface area contributed by atoms with Gasteiger partial charge in [-0.15, -0.1) is 0 Å². The summed E-state index contributed by atoms with van der Waals surface area (Å²) in [6.45, 7) is -0.893. The Morgan fingerprint density at radius 1 is 1.10 bits per heavy atom. The molecule has 0 spiro atoms. The number of aliphatic hydroxyl groups excluding tert-OH is 2. The Morgan fingerprint density at radius 2 is 1.83 bits per heavy atom. The third-order valence-corrected chi connectivity index (χ3v) is 5.09. The Balaban J connectivity index is 1.59. The summed E-state index contributed by atoms with van der Waals surface area (Å²) in [7, 11) is 0. The number of rotatable bonds is 8. The fourth-order valence-electron chi connectivity index (χ4n) is 3.15. The Morgan fingerprint density at radius 3 is 2.48 bits per heavy atom. The summed E-state index contributed by atoms with van der Waals surface area (Å²) in [6.07, 6.45) is 2.34. The fourth-order valence-corrected chi connectivity index (χ4v) is 3.15. The molecule has 0 unspecified atom stereocenters. The van der Waals surface area contributed by atoms with Crippen LogP contribution in [-0.4, -0.2) is 38.6 Å². The molecule has 0 bridgehead atoms. The van der Waals surface area contributed by atoms with Crippen LogP contribution in [0.4, 0.5) is 27.5 Å². The van der Waals surface area contributed by atoms with Crippen molar-refractivity contribution in [1.82, 2.24) is 15.2 Å². The first-order valence-corrected chi connectivity index (χ1v) is 9.38. The van der Waals surface area contributed by atoms with E-state index in [1.54, 1.807) is 12.1 Å². The van der Waals surface area contributed by atoms with Crippen LogP contribution in [0.3, 0.4) is 0 Å². The number of nitrogen functional groups attached to an aromatic ring is 1. The van der Waals surface area contributed by atoms with Crippen LogP contribution in [0.1, 0.15) is 30.0 Å². The highest BCUT2D eigenvalue weighted by Gasteiger charge is 2.32. The lowest BCUT2D eigenvalue weighted by atomic mass is 9.91. The number of hydrogen-bond donors (Lipinski definition) is 6. The molecule has 8 nitrogen and oxygen atoms in total. The van der Waals surface area contributed by atoms with Crippen LogP contribution in [0.5, 0.6) is 0 Å². The van der Waals surface area contributed by atoms with Gasteiger partial charge in [0.2, 0.25) is 0 Å². The molecule has 1 fully saturated rings. The van der Waals surface area contributed by atoms with E-state index < -0.39 is 24.6 Å². The lowest BCUT2D eigenvalue weighted by Crippen LogP contribution is -2.43. The number of pyridine rings is 1. The van der Waals surface area contributed by atoms with E-state index in [0.29, 0.717) is 28.8 Å². The highest BCUT2D eigenvalue weighted by Crippen LogP contribution is 2.39. The molecule has 4 rings (SSSR count). The van der Waals surface area contributed by atoms with E-state index in [4.69, 9.17) is 5.73 Å². The Bertz CT molecular complexity index is 983. The predicted molar refractivity (Wildman–Crippen MR) is 108 cm³/mol. The summed E-state index contributed by atoms with van der Waals surface area (Å²) in [6, 6.07) is 10.8. The summed E-state index contributed by atoms with van der Waals surface area (Å²) in [4.78, 5) is 4.46. The van der Waals surface area contributed by atoms with E-state index in [1.807, 2.05) is 6.07 Å². The first kappa shape index (κ1) is 19.2. The summed E-state index contributed by atoms with van der Waals surface area (Å²) in [5, 5.41) is 33.4. The average Bonchev–Trinajstić information content (AvgIpc) is 3.48. The van der Waals surface area contributed by atoms with Crippen molar-refractivity contribution in [1.29, 1.82) is 0 Å². The number of nitrogens with zero attached hydrogens (tertiary/aromatic N) is 2. The monoisotopic (exact) mass is 398 g/mol. The molecule has 2 heterocycles. The van der Waals surface area contributed by atoms with E-state index in [0.717, 1.165) is 5.69 Å². The maximum absolute atomic E-state index is 13.3. The van der Waals surface area contributed by atoms with E-state index in [1.165, 1.54) is 37.1 Å². The Kier molecular flexibility index (Phi) is 5.08. The molecular weight excluding hydrogens is 375 g/mol. The van der Waals surface area contributed by atoms with E-state index in [-0.39, 0.29) is 5.82 Å². The predicted octanol–water partition coefficient (Wildman–Crippen LogP) is 2.44. The van der Waals surface area contributed by atoms with Gasteiger partial charge in [-0.3, -0.25) is 5.10 Å². The van der Waals surface area contributed by atoms with Crippen molar-refractivity contribution >= 4 is 23.1 Å². The van der Waals surface area contributed by atoms with Crippen LogP contribution in [0.2, 0.25) is 0 Å². The number of benzene rings is 1. The van der Waals surface area contributed by atoms with Crippen LogP contribution in [0.15, 0.2) is 42.5 Å². The first-order chi connectivity index (χ1) is 14.0. The number of anilines is 4. The van der Waals surface area contributed by atoms with Crippen molar-refractivity contribution in [2.24, 2.45) is 0 Å². The molecule has 29 heavy (non-hydrogen) atoms. The summed E-state index contributed by atoms with van der Waals surface area (Å²) in [5.74, 6) is 1.57. The molecular formula is C20H23FN6O2. The molecule has 152 valence electrons. The van der Waals surface area contributed by atoms with Crippen molar-refractivity contribution in [3.05, 3.63) is 59.5 Å². The minimum atomic E-state index is -1.28. The molecule has 7 N–H and O–H groups in total. The third-order valence-electron chi connectivity index (χ3n) is 5.09. The number of nitrogens with one attached hydrogen (secondary N) is 3. The SMILES string of the molecule is Nc1ccc(Nc2cc(C3CC3)[nH]n2)nc1NC(CO)(CO)c1ccc(F)cc1. The van der Waals surface area contributed by atoms with E-state index in [2.05, 4.69) is 25.8 Å². The summed E-state index contributed by atoms with van der Waals surface area (Å²) >= 11 is 0. The molecule has 0 radical (unpaired) electrons. The number of aromatic amines is 1. The zero-order valence-electron chi connectivity index (χ0n) is 15.7. The van der Waals surface area contributed by atoms with Gasteiger partial charge in [0.15, 0.2) is 11.6 Å². The number of halogens is 1. The number of aromatic nitrogens is 3. The quantitative estimate of drug-likeness (QED) is 0.343. The second-order valence-electron chi connectivity index (χ2n) is 7.27. The van der Waals surface area contributed by atoms with Crippen molar-refractivity contribution in [3.63, 3.8) is 0 Å². The van der Waals surface area contributed by atoms with E-state index >= 15 is 0 Å². The maximum atomic E-state index is 13.3. The normalized spacial score (nSPS) is 14.0. The second kappa shape index (κ2) is 7.69. The van der Waals surface area contributed by atoms with Gasteiger partial charge in [-0.05, 0) is 42.7 Å². The van der Waals surface area contributed by atoms with Crippen LogP contribution < -0.4 is 16.4 Å². The zero-order chi connectivity index (χ0) is 20.4. The smallest absolute Gasteiger partial charge is 0.153 e. The zero-order valence-corrected chi connectivity index (χ0v) is 15.7. The average molecular weight is 398 g/mol. The van der Waals surface area contributed by atoms with E-state index in [9.17, 15) is 14.6 Å². The minimum Gasteiger partial charge on any atom is -0.396 e. The minimum absolute atomic E-state index is 0.278. The molecule has 9 heteroatoms. The Labute approximate surface area is 167 Å². The highest BCUT2D eigenvalue weighted by atomic mass is 19.1. The molecule has 0 amide bonds. The number of hydrogen-bond acceptors (Lipinski definition) is 7. The molecule has 0 saturated heterocycles. The van der Waals surface area contributed by atoms with Crippen molar-refractivity contribution in [2.75, 3.05) is 29.6 Å². The van der Waals surface area contributed by atoms with Gasteiger partial charge in [0, 0.05) is 17.7 Å². The molecule has 1 aliphatic rings. The topological polar surface area (TPSA) is 132 Å².